The normalized spacial score (nSPS) is 14.1. The number of nitrogens with zero attached hydrogens (tertiary/aromatic N) is 1. The SMILES string of the molecule is CCC(C)C(C)NCc1cc(C)n(-c2ccccc2)c1C. The Labute approximate surface area is 129 Å². The monoisotopic (exact) mass is 284 g/mol. The fraction of sp³-hybridized carbons (Fsp3) is 0.474. The largest absolute Gasteiger partial charge is 0.318 e. The Balaban J connectivity index is 2.16. The predicted octanol–water partition coefficient (Wildman–Crippen LogP) is 4.62. The molecule has 0 aliphatic rings. The Hall–Kier alpha value is -1.54. The van der Waals surface area contributed by atoms with Gasteiger partial charge in [0.1, 0.15) is 0 Å². The predicted molar refractivity (Wildman–Crippen MR) is 91.0 cm³/mol. The van der Waals surface area contributed by atoms with Gasteiger partial charge in [0.25, 0.3) is 0 Å². The molecule has 0 saturated heterocycles. The van der Waals surface area contributed by atoms with Gasteiger partial charge in [0.15, 0.2) is 0 Å². The second-order valence-electron chi connectivity index (χ2n) is 6.12. The molecule has 21 heavy (non-hydrogen) atoms. The van der Waals surface area contributed by atoms with Gasteiger partial charge in [-0.3, -0.25) is 0 Å². The van der Waals surface area contributed by atoms with Gasteiger partial charge in [-0.05, 0) is 50.5 Å². The molecule has 0 aliphatic carbocycles. The van der Waals surface area contributed by atoms with Crippen LogP contribution in [0.2, 0.25) is 0 Å². The van der Waals surface area contributed by atoms with Crippen LogP contribution in [0.25, 0.3) is 5.69 Å². The van der Waals surface area contributed by atoms with Crippen molar-refractivity contribution in [1.29, 1.82) is 0 Å². The van der Waals surface area contributed by atoms with Crippen molar-refractivity contribution < 1.29 is 0 Å². The molecule has 1 N–H and O–H groups in total. The van der Waals surface area contributed by atoms with E-state index in [1.54, 1.807) is 0 Å². The van der Waals surface area contributed by atoms with Gasteiger partial charge in [0, 0.05) is 29.7 Å². The molecule has 0 radical (unpaired) electrons. The molecule has 2 nitrogen and oxygen atoms in total. The van der Waals surface area contributed by atoms with Crippen molar-refractivity contribution >= 4 is 0 Å². The summed E-state index contributed by atoms with van der Waals surface area (Å²) in [5, 5.41) is 3.67. The molecule has 1 aromatic carbocycles. The minimum Gasteiger partial charge on any atom is -0.318 e. The highest BCUT2D eigenvalue weighted by atomic mass is 15.0. The van der Waals surface area contributed by atoms with Crippen molar-refractivity contribution in [3.05, 3.63) is 53.3 Å². The van der Waals surface area contributed by atoms with Crippen molar-refractivity contribution in [2.75, 3.05) is 0 Å². The van der Waals surface area contributed by atoms with Gasteiger partial charge in [-0.25, -0.2) is 0 Å². The average Bonchev–Trinajstić information content (AvgIpc) is 2.79. The molecular weight excluding hydrogens is 256 g/mol. The van der Waals surface area contributed by atoms with Crippen LogP contribution < -0.4 is 5.32 Å². The summed E-state index contributed by atoms with van der Waals surface area (Å²) in [6.45, 7) is 12.2. The molecule has 0 bridgehead atoms. The van der Waals surface area contributed by atoms with Gasteiger partial charge >= 0.3 is 0 Å². The highest BCUT2D eigenvalue weighted by Crippen LogP contribution is 2.21. The fourth-order valence-electron chi connectivity index (χ4n) is 2.81. The van der Waals surface area contributed by atoms with E-state index in [4.69, 9.17) is 0 Å². The number of rotatable bonds is 6. The van der Waals surface area contributed by atoms with E-state index in [9.17, 15) is 0 Å². The van der Waals surface area contributed by atoms with E-state index in [-0.39, 0.29) is 0 Å². The van der Waals surface area contributed by atoms with Crippen LogP contribution >= 0.6 is 0 Å². The van der Waals surface area contributed by atoms with E-state index in [1.807, 2.05) is 0 Å². The first-order valence-corrected chi connectivity index (χ1v) is 8.01. The lowest BCUT2D eigenvalue weighted by Crippen LogP contribution is -2.31. The molecule has 2 rings (SSSR count). The van der Waals surface area contributed by atoms with E-state index in [0.717, 1.165) is 6.54 Å². The highest BCUT2D eigenvalue weighted by molar-refractivity contribution is 5.40. The first kappa shape index (κ1) is 15.8. The van der Waals surface area contributed by atoms with Crippen LogP contribution in [0.5, 0.6) is 0 Å². The second-order valence-corrected chi connectivity index (χ2v) is 6.12. The fourth-order valence-corrected chi connectivity index (χ4v) is 2.81. The second kappa shape index (κ2) is 6.95. The Bertz CT molecular complexity index is 569. The molecule has 0 spiro atoms. The first-order valence-electron chi connectivity index (χ1n) is 8.01. The Morgan fingerprint density at radius 2 is 1.76 bits per heavy atom. The Morgan fingerprint density at radius 3 is 2.38 bits per heavy atom. The average molecular weight is 284 g/mol. The molecular formula is C19H28N2. The first-order chi connectivity index (χ1) is 10.0. The van der Waals surface area contributed by atoms with Crippen molar-refractivity contribution in [3.8, 4) is 5.69 Å². The molecule has 2 unspecified atom stereocenters. The van der Waals surface area contributed by atoms with Crippen molar-refractivity contribution in [2.45, 2.75) is 53.6 Å². The van der Waals surface area contributed by atoms with Gasteiger partial charge < -0.3 is 9.88 Å². The van der Waals surface area contributed by atoms with E-state index < -0.39 is 0 Å². The standard InChI is InChI=1S/C19H28N2/c1-6-14(2)16(4)20-13-18-12-15(3)21(17(18)5)19-10-8-7-9-11-19/h7-12,14,16,20H,6,13H2,1-5H3. The third kappa shape index (κ3) is 3.56. The van der Waals surface area contributed by atoms with Gasteiger partial charge in [0.2, 0.25) is 0 Å². The third-order valence-electron chi connectivity index (χ3n) is 4.66. The lowest BCUT2D eigenvalue weighted by atomic mass is 10.0. The molecule has 0 amide bonds. The van der Waals surface area contributed by atoms with Crippen molar-refractivity contribution in [2.24, 2.45) is 5.92 Å². The minimum absolute atomic E-state index is 0.551. The summed E-state index contributed by atoms with van der Waals surface area (Å²) in [5.74, 6) is 0.711. The number of benzene rings is 1. The number of nitrogens with one attached hydrogen (secondary N) is 1. The van der Waals surface area contributed by atoms with E-state index in [0.29, 0.717) is 12.0 Å². The maximum Gasteiger partial charge on any atom is 0.0455 e. The molecule has 2 aromatic rings. The summed E-state index contributed by atoms with van der Waals surface area (Å²) in [5.41, 5.74) is 5.27. The molecule has 0 aliphatic heterocycles. The van der Waals surface area contributed by atoms with Crippen LogP contribution in [0.4, 0.5) is 0 Å². The van der Waals surface area contributed by atoms with Gasteiger partial charge in [-0.2, -0.15) is 0 Å². The van der Waals surface area contributed by atoms with Crippen LogP contribution in [0.15, 0.2) is 36.4 Å². The zero-order chi connectivity index (χ0) is 15.4. The number of aromatic nitrogens is 1. The summed E-state index contributed by atoms with van der Waals surface area (Å²) in [6.07, 6.45) is 1.22. The van der Waals surface area contributed by atoms with Crippen LogP contribution in [0.1, 0.15) is 44.1 Å². The van der Waals surface area contributed by atoms with E-state index in [2.05, 4.69) is 80.9 Å². The molecule has 2 atom stereocenters. The quantitative estimate of drug-likeness (QED) is 0.819. The minimum atomic E-state index is 0.551. The summed E-state index contributed by atoms with van der Waals surface area (Å²) in [4.78, 5) is 0. The maximum atomic E-state index is 3.67. The number of aryl methyl sites for hydroxylation is 1. The zero-order valence-electron chi connectivity index (χ0n) is 14.0. The summed E-state index contributed by atoms with van der Waals surface area (Å²) < 4.78 is 2.34. The topological polar surface area (TPSA) is 17.0 Å². The van der Waals surface area contributed by atoms with E-state index >= 15 is 0 Å². The number of hydrogen-bond donors (Lipinski definition) is 1. The van der Waals surface area contributed by atoms with Gasteiger partial charge in [-0.15, -0.1) is 0 Å². The van der Waals surface area contributed by atoms with Crippen LogP contribution in [-0.4, -0.2) is 10.6 Å². The molecule has 2 heteroatoms. The van der Waals surface area contributed by atoms with Crippen molar-refractivity contribution in [1.82, 2.24) is 9.88 Å². The summed E-state index contributed by atoms with van der Waals surface area (Å²) >= 11 is 0. The molecule has 1 heterocycles. The lowest BCUT2D eigenvalue weighted by molar-refractivity contribution is 0.389. The molecule has 0 saturated carbocycles. The number of hydrogen-bond acceptors (Lipinski definition) is 1. The maximum absolute atomic E-state index is 3.67. The molecule has 1 aromatic heterocycles. The van der Waals surface area contributed by atoms with Crippen LogP contribution in [0, 0.1) is 19.8 Å². The van der Waals surface area contributed by atoms with Crippen LogP contribution in [-0.2, 0) is 6.54 Å². The van der Waals surface area contributed by atoms with E-state index in [1.165, 1.54) is 29.1 Å². The molecule has 114 valence electrons. The molecule has 0 fully saturated rings. The Morgan fingerprint density at radius 1 is 1.10 bits per heavy atom. The zero-order valence-corrected chi connectivity index (χ0v) is 14.0. The van der Waals surface area contributed by atoms with Gasteiger partial charge in [-0.1, -0.05) is 38.5 Å². The summed E-state index contributed by atoms with van der Waals surface area (Å²) in [7, 11) is 0. The smallest absolute Gasteiger partial charge is 0.0455 e. The van der Waals surface area contributed by atoms with Crippen molar-refractivity contribution in [3.63, 3.8) is 0 Å². The number of para-hydroxylation sites is 1. The highest BCUT2D eigenvalue weighted by Gasteiger charge is 2.13. The third-order valence-corrected chi connectivity index (χ3v) is 4.66. The van der Waals surface area contributed by atoms with Crippen LogP contribution in [0.3, 0.4) is 0 Å². The Kier molecular flexibility index (Phi) is 5.24. The lowest BCUT2D eigenvalue weighted by Gasteiger charge is -2.20. The summed E-state index contributed by atoms with van der Waals surface area (Å²) in [6, 6.07) is 13.4. The van der Waals surface area contributed by atoms with Gasteiger partial charge in [0.05, 0.1) is 0 Å².